The standard InChI is InChI=1S/C25H29N3O5S/c1-16-13-21-22(33-17(2)24(29)26-21)14-23(16)34(31,32)28-11-8-19(9-12-28)25(30)27-10-7-18-5-3-4-6-20(18)15-27/h3-6,13-14,17,19H,7-12,15H2,1-2H3,(H,26,29)/t17-/m1/s1. The number of sulfonamides is 1. The van der Waals surface area contributed by atoms with Crippen LogP contribution in [-0.2, 0) is 32.6 Å². The van der Waals surface area contributed by atoms with Gasteiger partial charge in [0.25, 0.3) is 5.91 Å². The van der Waals surface area contributed by atoms with Gasteiger partial charge in [0, 0.05) is 38.2 Å². The highest BCUT2D eigenvalue weighted by molar-refractivity contribution is 7.89. The Kier molecular flexibility index (Phi) is 5.85. The summed E-state index contributed by atoms with van der Waals surface area (Å²) in [6, 6.07) is 11.3. The lowest BCUT2D eigenvalue weighted by Crippen LogP contribution is -2.45. The molecule has 0 radical (unpaired) electrons. The van der Waals surface area contributed by atoms with Crippen molar-refractivity contribution in [1.82, 2.24) is 9.21 Å². The summed E-state index contributed by atoms with van der Waals surface area (Å²) in [6.07, 6.45) is 1.18. The van der Waals surface area contributed by atoms with Gasteiger partial charge >= 0.3 is 0 Å². The van der Waals surface area contributed by atoms with E-state index >= 15 is 0 Å². The Labute approximate surface area is 199 Å². The summed E-state index contributed by atoms with van der Waals surface area (Å²) in [5.41, 5.74) is 3.51. The lowest BCUT2D eigenvalue weighted by atomic mass is 9.94. The van der Waals surface area contributed by atoms with E-state index in [1.807, 2.05) is 17.0 Å². The molecule has 34 heavy (non-hydrogen) atoms. The number of hydrogen-bond acceptors (Lipinski definition) is 5. The molecule has 1 saturated heterocycles. The minimum Gasteiger partial charge on any atom is -0.479 e. The number of carbonyl (C=O) groups is 2. The molecule has 5 rings (SSSR count). The smallest absolute Gasteiger partial charge is 0.265 e. The average Bonchev–Trinajstić information content (AvgIpc) is 2.84. The zero-order valence-corrected chi connectivity index (χ0v) is 20.2. The molecule has 0 aliphatic carbocycles. The predicted octanol–water partition coefficient (Wildman–Crippen LogP) is 2.70. The van der Waals surface area contributed by atoms with E-state index in [9.17, 15) is 18.0 Å². The maximum absolute atomic E-state index is 13.4. The molecule has 3 aliphatic heterocycles. The number of hydrogen-bond donors (Lipinski definition) is 1. The van der Waals surface area contributed by atoms with E-state index in [4.69, 9.17) is 4.74 Å². The molecule has 180 valence electrons. The van der Waals surface area contributed by atoms with Crippen molar-refractivity contribution in [2.45, 2.75) is 50.7 Å². The molecule has 1 N–H and O–H groups in total. The molecule has 8 nitrogen and oxygen atoms in total. The Balaban J connectivity index is 1.27. The Morgan fingerprint density at radius 1 is 1.09 bits per heavy atom. The van der Waals surface area contributed by atoms with Gasteiger partial charge in [-0.2, -0.15) is 4.31 Å². The molecular weight excluding hydrogens is 454 g/mol. The van der Waals surface area contributed by atoms with Crippen molar-refractivity contribution in [1.29, 1.82) is 0 Å². The van der Waals surface area contributed by atoms with Gasteiger partial charge in [-0.15, -0.1) is 0 Å². The molecule has 0 unspecified atom stereocenters. The fraction of sp³-hybridized carbons (Fsp3) is 0.440. The van der Waals surface area contributed by atoms with Crippen LogP contribution in [0.4, 0.5) is 5.69 Å². The third-order valence-electron chi connectivity index (χ3n) is 7.07. The number of ether oxygens (including phenoxy) is 1. The largest absolute Gasteiger partial charge is 0.479 e. The van der Waals surface area contributed by atoms with Crippen LogP contribution < -0.4 is 10.1 Å². The summed E-state index contributed by atoms with van der Waals surface area (Å²) >= 11 is 0. The first-order valence-corrected chi connectivity index (χ1v) is 13.2. The normalized spacial score (nSPS) is 21.3. The highest BCUT2D eigenvalue weighted by Gasteiger charge is 2.36. The minimum absolute atomic E-state index is 0.120. The number of anilines is 1. The monoisotopic (exact) mass is 483 g/mol. The second-order valence-electron chi connectivity index (χ2n) is 9.32. The molecule has 2 amide bonds. The highest BCUT2D eigenvalue weighted by Crippen LogP contribution is 2.36. The number of benzene rings is 2. The Morgan fingerprint density at radius 2 is 1.79 bits per heavy atom. The average molecular weight is 484 g/mol. The van der Waals surface area contributed by atoms with Gasteiger partial charge in [0.2, 0.25) is 15.9 Å². The van der Waals surface area contributed by atoms with Gasteiger partial charge < -0.3 is 15.0 Å². The van der Waals surface area contributed by atoms with E-state index in [1.54, 1.807) is 19.9 Å². The SMILES string of the molecule is Cc1cc2c(cc1S(=O)(=O)N1CCC(C(=O)N3CCc4ccccc4C3)CC1)O[C@H](C)C(=O)N2. The highest BCUT2D eigenvalue weighted by atomic mass is 32.2. The van der Waals surface area contributed by atoms with Crippen LogP contribution in [0, 0.1) is 12.8 Å². The van der Waals surface area contributed by atoms with Crippen LogP contribution in [0.2, 0.25) is 0 Å². The van der Waals surface area contributed by atoms with Crippen LogP contribution >= 0.6 is 0 Å². The molecule has 1 fully saturated rings. The van der Waals surface area contributed by atoms with E-state index in [2.05, 4.69) is 17.4 Å². The summed E-state index contributed by atoms with van der Waals surface area (Å²) in [6.45, 7) is 5.26. The number of fused-ring (bicyclic) bond motifs is 2. The van der Waals surface area contributed by atoms with Gasteiger partial charge in [-0.1, -0.05) is 24.3 Å². The Bertz CT molecular complexity index is 1250. The number of carbonyl (C=O) groups excluding carboxylic acids is 2. The van der Waals surface area contributed by atoms with Crippen LogP contribution in [0.3, 0.4) is 0 Å². The number of nitrogens with one attached hydrogen (secondary N) is 1. The fourth-order valence-corrected chi connectivity index (χ4v) is 6.74. The van der Waals surface area contributed by atoms with Crippen LogP contribution in [-0.4, -0.2) is 55.2 Å². The van der Waals surface area contributed by atoms with E-state index in [-0.39, 0.29) is 22.6 Å². The molecule has 2 aromatic carbocycles. The zero-order chi connectivity index (χ0) is 24.0. The van der Waals surface area contributed by atoms with E-state index < -0.39 is 16.1 Å². The minimum atomic E-state index is -3.76. The first kappa shape index (κ1) is 22.9. The van der Waals surface area contributed by atoms with Gasteiger partial charge in [-0.05, 0) is 55.9 Å². The third-order valence-corrected chi connectivity index (χ3v) is 9.11. The Morgan fingerprint density at radius 3 is 2.53 bits per heavy atom. The van der Waals surface area contributed by atoms with Crippen molar-refractivity contribution < 1.29 is 22.7 Å². The number of amides is 2. The van der Waals surface area contributed by atoms with Crippen LogP contribution in [0.25, 0.3) is 0 Å². The van der Waals surface area contributed by atoms with E-state index in [0.717, 1.165) is 6.42 Å². The molecule has 9 heteroatoms. The molecule has 0 aromatic heterocycles. The maximum atomic E-state index is 13.4. The number of nitrogens with zero attached hydrogens (tertiary/aromatic N) is 2. The first-order chi connectivity index (χ1) is 16.2. The quantitative estimate of drug-likeness (QED) is 0.724. The summed E-state index contributed by atoms with van der Waals surface area (Å²) in [4.78, 5) is 27.1. The van der Waals surface area contributed by atoms with Crippen LogP contribution in [0.15, 0.2) is 41.3 Å². The molecule has 3 aliphatic rings. The second-order valence-corrected chi connectivity index (χ2v) is 11.2. The molecule has 0 saturated carbocycles. The lowest BCUT2D eigenvalue weighted by molar-refractivity contribution is -0.137. The molecule has 0 spiro atoms. The van der Waals surface area contributed by atoms with Gasteiger partial charge in [-0.3, -0.25) is 9.59 Å². The van der Waals surface area contributed by atoms with Crippen molar-refractivity contribution >= 4 is 27.5 Å². The summed E-state index contributed by atoms with van der Waals surface area (Å²) < 4.78 is 34.0. The van der Waals surface area contributed by atoms with E-state index in [0.29, 0.717) is 56.0 Å². The summed E-state index contributed by atoms with van der Waals surface area (Å²) in [5.74, 6) is 0.0496. The molecule has 1 atom stereocenters. The van der Waals surface area contributed by atoms with Gasteiger partial charge in [0.05, 0.1) is 10.6 Å². The molecule has 3 heterocycles. The molecular formula is C25H29N3O5S. The zero-order valence-electron chi connectivity index (χ0n) is 19.4. The van der Waals surface area contributed by atoms with Crippen molar-refractivity contribution in [3.05, 3.63) is 53.1 Å². The third kappa shape index (κ3) is 4.07. The van der Waals surface area contributed by atoms with Crippen molar-refractivity contribution in [2.75, 3.05) is 25.0 Å². The number of piperidine rings is 1. The predicted molar refractivity (Wildman–Crippen MR) is 127 cm³/mol. The molecule has 0 bridgehead atoms. The van der Waals surface area contributed by atoms with E-state index in [1.165, 1.54) is 21.5 Å². The first-order valence-electron chi connectivity index (χ1n) is 11.7. The summed E-state index contributed by atoms with van der Waals surface area (Å²) in [5, 5.41) is 2.75. The topological polar surface area (TPSA) is 96.0 Å². The number of rotatable bonds is 3. The Hall–Kier alpha value is -2.91. The van der Waals surface area contributed by atoms with Crippen molar-refractivity contribution in [3.63, 3.8) is 0 Å². The second kappa shape index (κ2) is 8.70. The van der Waals surface area contributed by atoms with Gasteiger partial charge in [0.1, 0.15) is 5.75 Å². The van der Waals surface area contributed by atoms with Crippen molar-refractivity contribution in [3.8, 4) is 5.75 Å². The maximum Gasteiger partial charge on any atom is 0.265 e. The lowest BCUT2D eigenvalue weighted by Gasteiger charge is -2.36. The fourth-order valence-electron chi connectivity index (χ4n) is 5.05. The number of aryl methyl sites for hydroxylation is 1. The van der Waals surface area contributed by atoms with Crippen molar-refractivity contribution in [2.24, 2.45) is 5.92 Å². The molecule has 2 aromatic rings. The summed E-state index contributed by atoms with van der Waals surface area (Å²) in [7, 11) is -3.76. The van der Waals surface area contributed by atoms with Gasteiger partial charge in [-0.25, -0.2) is 8.42 Å². The van der Waals surface area contributed by atoms with Crippen LogP contribution in [0.1, 0.15) is 36.5 Å². The van der Waals surface area contributed by atoms with Gasteiger partial charge in [0.15, 0.2) is 6.10 Å². The van der Waals surface area contributed by atoms with Crippen LogP contribution in [0.5, 0.6) is 5.75 Å².